The van der Waals surface area contributed by atoms with Crippen molar-refractivity contribution in [3.63, 3.8) is 0 Å². The number of ether oxygens (including phenoxy) is 2. The minimum absolute atomic E-state index is 0. The van der Waals surface area contributed by atoms with Crippen LogP contribution in [-0.4, -0.2) is 53.2 Å². The number of esters is 2. The van der Waals surface area contributed by atoms with Crippen LogP contribution in [0.2, 0.25) is 0 Å². The average molecular weight is 526 g/mol. The molecule has 0 aliphatic heterocycles. The number of carbonyl (C=O) groups excluding carboxylic acids is 2. The van der Waals surface area contributed by atoms with Gasteiger partial charge in [0, 0.05) is 4.57 Å². The van der Waals surface area contributed by atoms with Crippen molar-refractivity contribution in [1.82, 2.24) is 0 Å². The van der Waals surface area contributed by atoms with Gasteiger partial charge in [0.15, 0.2) is 5.25 Å². The third-order valence-electron chi connectivity index (χ3n) is 4.99. The molecule has 3 atom stereocenters. The molecule has 3 unspecified atom stereocenters. The van der Waals surface area contributed by atoms with Gasteiger partial charge in [0.2, 0.25) is 0 Å². The van der Waals surface area contributed by atoms with Crippen molar-refractivity contribution in [2.75, 3.05) is 13.2 Å². The van der Waals surface area contributed by atoms with Gasteiger partial charge in [-0.15, -0.1) is 9.79 Å². The summed E-state index contributed by atoms with van der Waals surface area (Å²) in [5, 5.41) is -2.06. The van der Waals surface area contributed by atoms with E-state index < -0.39 is 42.0 Å². The van der Waals surface area contributed by atoms with Gasteiger partial charge >= 0.3 is 49.8 Å². The van der Waals surface area contributed by atoms with Crippen LogP contribution in [0.15, 0.2) is 0 Å². The van der Waals surface area contributed by atoms with E-state index in [0.717, 1.165) is 51.4 Å². The van der Waals surface area contributed by atoms with E-state index in [1.807, 2.05) is 13.8 Å². The Labute approximate surface area is 221 Å². The van der Waals surface area contributed by atoms with E-state index in [2.05, 4.69) is 13.8 Å². The number of hydrogen-bond acceptors (Lipinski definition) is 8. The van der Waals surface area contributed by atoms with Crippen molar-refractivity contribution in [2.24, 2.45) is 11.8 Å². The summed E-state index contributed by atoms with van der Waals surface area (Å²) < 4.78 is 53.3. The van der Waals surface area contributed by atoms with Gasteiger partial charge in [0.25, 0.3) is 0 Å². The van der Waals surface area contributed by atoms with Gasteiger partial charge in [-0.25, -0.2) is 8.42 Å². The Kier molecular flexibility index (Phi) is 25.3. The van der Waals surface area contributed by atoms with Crippen LogP contribution in [0.5, 0.6) is 0 Å². The largest absolute Gasteiger partial charge is 1.00 e. The molecular weight excluding hydrogens is 486 g/mol. The second-order valence-electron chi connectivity index (χ2n) is 7.58. The molecule has 0 rings (SSSR count). The predicted octanol–water partition coefficient (Wildman–Crippen LogP) is 0.442. The first-order valence-electron chi connectivity index (χ1n) is 11.0. The molecule has 0 fully saturated rings. The van der Waals surface area contributed by atoms with Crippen molar-refractivity contribution >= 4 is 30.3 Å². The zero-order valence-electron chi connectivity index (χ0n) is 20.5. The first-order valence-corrected chi connectivity index (χ1v) is 13.7. The molecule has 10 nitrogen and oxygen atoms in total. The molecule has 0 heterocycles. The second kappa shape index (κ2) is 22.3. The SMILES string of the molecule is CCCCC(CC)COC(=O)CC(C(=O)OCC(CC)CCCC)S(=O)(=O)[O-].O=[P+](O)O.[Na+]. The van der Waals surface area contributed by atoms with Crippen molar-refractivity contribution in [2.45, 2.75) is 90.7 Å². The van der Waals surface area contributed by atoms with E-state index in [1.165, 1.54) is 0 Å². The maximum Gasteiger partial charge on any atom is 1.00 e. The van der Waals surface area contributed by atoms with E-state index in [9.17, 15) is 22.6 Å². The second-order valence-corrected chi connectivity index (χ2v) is 9.64. The van der Waals surface area contributed by atoms with Crippen molar-refractivity contribution in [3.05, 3.63) is 0 Å². The number of carbonyl (C=O) groups is 2. The van der Waals surface area contributed by atoms with Gasteiger partial charge in [0.05, 0.1) is 19.6 Å². The van der Waals surface area contributed by atoms with Crippen molar-refractivity contribution in [3.8, 4) is 0 Å². The molecule has 0 aliphatic rings. The van der Waals surface area contributed by atoms with Gasteiger partial charge < -0.3 is 14.0 Å². The van der Waals surface area contributed by atoms with Gasteiger partial charge in [-0.2, -0.15) is 0 Å². The Morgan fingerprint density at radius 1 is 0.909 bits per heavy atom. The molecule has 0 aromatic rings. The normalized spacial score (nSPS) is 13.4. The smallest absolute Gasteiger partial charge is 0.747 e. The summed E-state index contributed by atoms with van der Waals surface area (Å²) in [4.78, 5) is 38.4. The molecule has 0 aromatic carbocycles. The fourth-order valence-corrected chi connectivity index (χ4v) is 3.46. The van der Waals surface area contributed by atoms with E-state index in [0.29, 0.717) is 0 Å². The summed E-state index contributed by atoms with van der Waals surface area (Å²) in [6.07, 6.45) is 6.58. The minimum Gasteiger partial charge on any atom is -0.747 e. The number of rotatable bonds is 16. The third-order valence-corrected chi connectivity index (χ3v) is 6.05. The standard InChI is InChI=1S/C20H38O7S.Na.HO3P/c1-5-9-11-16(7-3)14-26-19(21)13-18(28(23,24)25)20(22)27-15-17(8-4)12-10-6-2;;1-4(2)3/h16-18H,5-15H2,1-4H3,(H,23,24,25);;(H-,1,2,3)/q;+1;. The fraction of sp³-hybridized carbons (Fsp3) is 0.900. The van der Waals surface area contributed by atoms with Gasteiger partial charge in [-0.05, 0) is 24.7 Å². The molecule has 0 aromatic heterocycles. The predicted molar refractivity (Wildman–Crippen MR) is 119 cm³/mol. The zero-order valence-corrected chi connectivity index (χ0v) is 24.2. The van der Waals surface area contributed by atoms with Crippen LogP contribution >= 0.6 is 8.25 Å². The van der Waals surface area contributed by atoms with Crippen LogP contribution in [0, 0.1) is 11.8 Å². The number of hydrogen-bond donors (Lipinski definition) is 2. The maximum absolute atomic E-state index is 12.1. The van der Waals surface area contributed by atoms with Gasteiger partial charge in [-0.3, -0.25) is 9.59 Å². The van der Waals surface area contributed by atoms with Crippen LogP contribution in [-0.2, 0) is 33.7 Å². The Bertz CT molecular complexity index is 641. The Hall–Kier alpha value is -0.130. The molecule has 13 heteroatoms. The van der Waals surface area contributed by atoms with Crippen LogP contribution in [0.25, 0.3) is 0 Å². The molecule has 0 bridgehead atoms. The summed E-state index contributed by atoms with van der Waals surface area (Å²) in [6, 6.07) is 0. The van der Waals surface area contributed by atoms with Crippen molar-refractivity contribution < 1.29 is 75.9 Å². The first-order chi connectivity index (χ1) is 14.9. The average Bonchev–Trinajstić information content (AvgIpc) is 2.70. The summed E-state index contributed by atoms with van der Waals surface area (Å²) in [5.41, 5.74) is 0. The molecule has 0 saturated carbocycles. The minimum atomic E-state index is -5.01. The van der Waals surface area contributed by atoms with Crippen LogP contribution in [0.1, 0.15) is 85.5 Å². The van der Waals surface area contributed by atoms with Gasteiger partial charge in [0.1, 0.15) is 10.1 Å². The third kappa shape index (κ3) is 22.1. The van der Waals surface area contributed by atoms with E-state index in [-0.39, 0.29) is 54.6 Å². The molecular formula is C20H39NaO10PS+. The first kappa shape index (κ1) is 37.4. The van der Waals surface area contributed by atoms with E-state index >= 15 is 0 Å². The molecule has 0 radical (unpaired) electrons. The molecule has 190 valence electrons. The molecule has 2 N–H and O–H groups in total. The van der Waals surface area contributed by atoms with Crippen molar-refractivity contribution in [1.29, 1.82) is 0 Å². The molecule has 0 saturated heterocycles. The molecule has 0 amide bonds. The van der Waals surface area contributed by atoms with E-state index in [1.54, 1.807) is 0 Å². The fourth-order valence-electron chi connectivity index (χ4n) is 2.81. The summed E-state index contributed by atoms with van der Waals surface area (Å²) in [7, 11) is -7.88. The van der Waals surface area contributed by atoms with Crippen LogP contribution < -0.4 is 29.6 Å². The molecule has 33 heavy (non-hydrogen) atoms. The van der Waals surface area contributed by atoms with Crippen LogP contribution in [0.4, 0.5) is 0 Å². The molecule has 0 aliphatic carbocycles. The molecule has 0 spiro atoms. The Morgan fingerprint density at radius 3 is 1.64 bits per heavy atom. The van der Waals surface area contributed by atoms with Crippen LogP contribution in [0.3, 0.4) is 0 Å². The van der Waals surface area contributed by atoms with Gasteiger partial charge in [-0.1, -0.05) is 66.2 Å². The number of unbranched alkanes of at least 4 members (excludes halogenated alkanes) is 2. The van der Waals surface area contributed by atoms with E-state index in [4.69, 9.17) is 23.8 Å². The Morgan fingerprint density at radius 2 is 1.30 bits per heavy atom. The summed E-state index contributed by atoms with van der Waals surface area (Å²) in [5.74, 6) is -1.74. The quantitative estimate of drug-likeness (QED) is 0.125. The Balaban J connectivity index is -0.00000165. The zero-order chi connectivity index (χ0) is 25.2. The topological polar surface area (TPSA) is 167 Å². The summed E-state index contributed by atoms with van der Waals surface area (Å²) in [6.45, 7) is 8.26. The maximum atomic E-state index is 12.1. The monoisotopic (exact) mass is 525 g/mol. The summed E-state index contributed by atoms with van der Waals surface area (Å²) >= 11 is 0.